The zero-order valence-electron chi connectivity index (χ0n) is 16.6. The number of sulfonamides is 1. The second kappa shape index (κ2) is 9.19. The fraction of sp³-hybridized carbons (Fsp3) is 0.381. The smallest absolute Gasteiger partial charge is 0.243 e. The summed E-state index contributed by atoms with van der Waals surface area (Å²) in [5, 5.41) is 3.82. The van der Waals surface area contributed by atoms with E-state index in [4.69, 9.17) is 12.2 Å². The van der Waals surface area contributed by atoms with E-state index in [2.05, 4.69) is 31.3 Å². The summed E-state index contributed by atoms with van der Waals surface area (Å²) in [7, 11) is -3.63. The molecule has 2 aromatic carbocycles. The van der Waals surface area contributed by atoms with E-state index < -0.39 is 15.8 Å². The van der Waals surface area contributed by atoms with E-state index in [0.717, 1.165) is 24.2 Å². The molecule has 1 aliphatic rings. The number of hydrogen-bond donors (Lipinski definition) is 1. The molecule has 0 aromatic heterocycles. The minimum absolute atomic E-state index is 0.106. The van der Waals surface area contributed by atoms with Gasteiger partial charge in [-0.15, -0.1) is 0 Å². The van der Waals surface area contributed by atoms with Crippen LogP contribution >= 0.6 is 12.2 Å². The average Bonchev–Trinajstić information content (AvgIpc) is 2.74. The summed E-state index contributed by atoms with van der Waals surface area (Å²) >= 11 is 5.51. The van der Waals surface area contributed by atoms with Gasteiger partial charge in [-0.05, 0) is 66.5 Å². The minimum atomic E-state index is -3.63. The van der Waals surface area contributed by atoms with Gasteiger partial charge >= 0.3 is 0 Å². The van der Waals surface area contributed by atoms with Gasteiger partial charge in [-0.2, -0.15) is 4.31 Å². The van der Waals surface area contributed by atoms with Crippen molar-refractivity contribution in [2.45, 2.75) is 31.1 Å². The second-order valence-electron chi connectivity index (χ2n) is 7.21. The first kappa shape index (κ1) is 21.7. The normalized spacial score (nSPS) is 16.4. The molecule has 1 N–H and O–H groups in total. The highest BCUT2D eigenvalue weighted by Crippen LogP contribution is 2.21. The lowest BCUT2D eigenvalue weighted by Crippen LogP contribution is -2.51. The molecule has 1 unspecified atom stereocenters. The quantitative estimate of drug-likeness (QED) is 0.719. The maximum Gasteiger partial charge on any atom is 0.243 e. The van der Waals surface area contributed by atoms with Crippen LogP contribution in [0.25, 0.3) is 0 Å². The van der Waals surface area contributed by atoms with Crippen molar-refractivity contribution in [2.24, 2.45) is 0 Å². The summed E-state index contributed by atoms with van der Waals surface area (Å²) in [6, 6.07) is 13.2. The second-order valence-corrected chi connectivity index (χ2v) is 9.53. The van der Waals surface area contributed by atoms with Crippen molar-refractivity contribution in [3.8, 4) is 0 Å². The number of nitrogens with one attached hydrogen (secondary N) is 1. The molecule has 2 aromatic rings. The largest absolute Gasteiger partial charge is 0.346 e. The van der Waals surface area contributed by atoms with Crippen LogP contribution in [0.3, 0.4) is 0 Å². The number of nitrogens with zero attached hydrogens (tertiary/aromatic N) is 2. The highest BCUT2D eigenvalue weighted by atomic mass is 32.2. The number of piperazine rings is 1. The number of rotatable bonds is 5. The zero-order valence-corrected chi connectivity index (χ0v) is 18.3. The van der Waals surface area contributed by atoms with Gasteiger partial charge < -0.3 is 10.2 Å². The van der Waals surface area contributed by atoms with Crippen molar-refractivity contribution in [2.75, 3.05) is 31.5 Å². The predicted octanol–water partition coefficient (Wildman–Crippen LogP) is 4.04. The van der Waals surface area contributed by atoms with Gasteiger partial charge in [-0.3, -0.25) is 0 Å². The molecule has 5 nitrogen and oxygen atoms in total. The molecule has 0 radical (unpaired) electrons. The van der Waals surface area contributed by atoms with Crippen LogP contribution in [0.4, 0.5) is 10.1 Å². The summed E-state index contributed by atoms with van der Waals surface area (Å²) in [5.41, 5.74) is 2.21. The molecule has 1 fully saturated rings. The molecule has 0 spiro atoms. The lowest BCUT2D eigenvalue weighted by atomic mass is 9.99. The molecule has 0 amide bonds. The number of anilines is 1. The topological polar surface area (TPSA) is 52.6 Å². The van der Waals surface area contributed by atoms with Gasteiger partial charge in [0.25, 0.3) is 0 Å². The third-order valence-electron chi connectivity index (χ3n) is 5.32. The van der Waals surface area contributed by atoms with Crippen LogP contribution in [-0.2, 0) is 10.0 Å². The monoisotopic (exact) mass is 435 g/mol. The van der Waals surface area contributed by atoms with E-state index in [0.29, 0.717) is 37.2 Å². The van der Waals surface area contributed by atoms with Gasteiger partial charge in [0, 0.05) is 31.9 Å². The Morgan fingerprint density at radius 1 is 1.07 bits per heavy atom. The van der Waals surface area contributed by atoms with E-state index in [1.54, 1.807) is 0 Å². The molecule has 0 saturated carbocycles. The summed E-state index contributed by atoms with van der Waals surface area (Å²) in [6.07, 6.45) is 1.09. The Kier molecular flexibility index (Phi) is 6.87. The van der Waals surface area contributed by atoms with E-state index in [1.165, 1.54) is 22.0 Å². The third kappa shape index (κ3) is 5.12. The van der Waals surface area contributed by atoms with Gasteiger partial charge in [0.15, 0.2) is 5.11 Å². The molecule has 0 aliphatic carbocycles. The van der Waals surface area contributed by atoms with Crippen molar-refractivity contribution in [3.63, 3.8) is 0 Å². The molecule has 156 valence electrons. The highest BCUT2D eigenvalue weighted by molar-refractivity contribution is 7.89. The van der Waals surface area contributed by atoms with Crippen LogP contribution in [0.2, 0.25) is 0 Å². The van der Waals surface area contributed by atoms with Crippen LogP contribution in [0.15, 0.2) is 53.4 Å². The van der Waals surface area contributed by atoms with Crippen LogP contribution in [-0.4, -0.2) is 48.9 Å². The van der Waals surface area contributed by atoms with Crippen LogP contribution in [0.1, 0.15) is 31.7 Å². The first-order valence-electron chi connectivity index (χ1n) is 9.73. The third-order valence-corrected chi connectivity index (χ3v) is 7.59. The maximum absolute atomic E-state index is 13.1. The predicted molar refractivity (Wildman–Crippen MR) is 118 cm³/mol. The Morgan fingerprint density at radius 3 is 2.21 bits per heavy atom. The first-order valence-corrected chi connectivity index (χ1v) is 11.6. The molecule has 1 heterocycles. The summed E-state index contributed by atoms with van der Waals surface area (Å²) in [5.74, 6) is 0.0644. The molecular weight excluding hydrogens is 409 g/mol. The lowest BCUT2D eigenvalue weighted by Gasteiger charge is -2.35. The van der Waals surface area contributed by atoms with Gasteiger partial charge in [0.1, 0.15) is 5.82 Å². The molecule has 1 saturated heterocycles. The Balaban J connectivity index is 1.57. The van der Waals surface area contributed by atoms with E-state index in [-0.39, 0.29) is 4.90 Å². The molecule has 1 aliphatic heterocycles. The van der Waals surface area contributed by atoms with Crippen molar-refractivity contribution in [1.82, 2.24) is 9.21 Å². The van der Waals surface area contributed by atoms with Crippen molar-refractivity contribution < 1.29 is 12.8 Å². The Morgan fingerprint density at radius 2 is 1.66 bits per heavy atom. The molecule has 8 heteroatoms. The van der Waals surface area contributed by atoms with Gasteiger partial charge in [0.2, 0.25) is 10.0 Å². The number of benzene rings is 2. The molecule has 3 rings (SSSR count). The fourth-order valence-electron chi connectivity index (χ4n) is 3.22. The standard InChI is InChI=1S/C21H26FN3O2S2/c1-3-16(2)17-4-8-19(9-5-17)23-21(28)24-12-14-25(15-13-24)29(26,27)20-10-6-18(22)7-11-20/h4-11,16H,3,12-15H2,1-2H3,(H,23,28). The Labute approximate surface area is 177 Å². The summed E-state index contributed by atoms with van der Waals surface area (Å²) in [4.78, 5) is 2.07. The number of thiocarbonyl (C=S) groups is 1. The summed E-state index contributed by atoms with van der Waals surface area (Å²) < 4.78 is 39.9. The van der Waals surface area contributed by atoms with Crippen LogP contribution in [0.5, 0.6) is 0 Å². The van der Waals surface area contributed by atoms with E-state index in [1.807, 2.05) is 17.0 Å². The maximum atomic E-state index is 13.1. The molecule has 0 bridgehead atoms. The van der Waals surface area contributed by atoms with E-state index in [9.17, 15) is 12.8 Å². The SMILES string of the molecule is CCC(C)c1ccc(NC(=S)N2CCN(S(=O)(=O)c3ccc(F)cc3)CC2)cc1. The Hall–Kier alpha value is -2.03. The Bertz CT molecular complexity index is 939. The molecular formula is C21H26FN3O2S2. The number of halogens is 1. The van der Waals surface area contributed by atoms with Gasteiger partial charge in [0.05, 0.1) is 4.90 Å². The fourth-order valence-corrected chi connectivity index (χ4v) is 4.94. The zero-order chi connectivity index (χ0) is 21.0. The number of hydrogen-bond acceptors (Lipinski definition) is 3. The van der Waals surface area contributed by atoms with Gasteiger partial charge in [-0.25, -0.2) is 12.8 Å². The van der Waals surface area contributed by atoms with Crippen molar-refractivity contribution >= 4 is 33.0 Å². The van der Waals surface area contributed by atoms with Crippen molar-refractivity contribution in [3.05, 3.63) is 59.9 Å². The van der Waals surface area contributed by atoms with E-state index >= 15 is 0 Å². The lowest BCUT2D eigenvalue weighted by molar-refractivity contribution is 0.268. The van der Waals surface area contributed by atoms with Crippen LogP contribution in [0, 0.1) is 5.82 Å². The summed E-state index contributed by atoms with van der Waals surface area (Å²) in [6.45, 7) is 6.02. The van der Waals surface area contributed by atoms with Crippen molar-refractivity contribution in [1.29, 1.82) is 0 Å². The molecule has 29 heavy (non-hydrogen) atoms. The average molecular weight is 436 g/mol. The van der Waals surface area contributed by atoms with Crippen LogP contribution < -0.4 is 5.32 Å². The highest BCUT2D eigenvalue weighted by Gasteiger charge is 2.29. The van der Waals surface area contributed by atoms with Gasteiger partial charge in [-0.1, -0.05) is 26.0 Å². The minimum Gasteiger partial charge on any atom is -0.346 e. The first-order chi connectivity index (χ1) is 13.8. The molecule has 1 atom stereocenters.